The molecule has 0 saturated carbocycles. The predicted molar refractivity (Wildman–Crippen MR) is 41.6 cm³/mol. The van der Waals surface area contributed by atoms with Gasteiger partial charge in [-0.3, -0.25) is 4.79 Å². The molecule has 0 amide bonds. The number of alkyl halides is 2. The van der Waals surface area contributed by atoms with Gasteiger partial charge in [0.2, 0.25) is 0 Å². The number of carbonyl (C=O) groups is 1. The van der Waals surface area contributed by atoms with Crippen LogP contribution in [-0.4, -0.2) is 16.1 Å². The molecule has 5 heteroatoms. The van der Waals surface area contributed by atoms with Crippen LogP contribution in [0.4, 0.5) is 8.78 Å². The number of carboxylic acids is 1. The summed E-state index contributed by atoms with van der Waals surface area (Å²) in [5, 5.41) is 8.23. The van der Waals surface area contributed by atoms with Gasteiger partial charge in [-0.25, -0.2) is 8.78 Å². The summed E-state index contributed by atoms with van der Waals surface area (Å²) in [5.41, 5.74) is -0.172. The third kappa shape index (κ3) is 2.54. The summed E-state index contributed by atoms with van der Waals surface area (Å²) in [6.07, 6.45) is 1.35. The molecule has 0 aromatic carbocycles. The molecular formula is C8H9F2NO2. The van der Waals surface area contributed by atoms with Crippen molar-refractivity contribution >= 4 is 5.97 Å². The quantitative estimate of drug-likeness (QED) is 0.760. The Morgan fingerprint density at radius 3 is 2.77 bits per heavy atom. The van der Waals surface area contributed by atoms with Crippen LogP contribution in [0.1, 0.15) is 18.4 Å². The highest BCUT2D eigenvalue weighted by atomic mass is 19.3. The van der Waals surface area contributed by atoms with Crippen molar-refractivity contribution in [2.75, 3.05) is 0 Å². The highest BCUT2D eigenvalue weighted by molar-refractivity contribution is 5.66. The van der Waals surface area contributed by atoms with E-state index in [4.69, 9.17) is 5.11 Å². The van der Waals surface area contributed by atoms with Crippen molar-refractivity contribution in [2.45, 2.75) is 18.8 Å². The van der Waals surface area contributed by atoms with Crippen LogP contribution >= 0.6 is 0 Å². The average molecular weight is 189 g/mol. The van der Waals surface area contributed by atoms with Crippen molar-refractivity contribution in [3.05, 3.63) is 24.0 Å². The minimum Gasteiger partial charge on any atom is -0.481 e. The lowest BCUT2D eigenvalue weighted by Gasteiger charge is -2.12. The number of H-pyrrole nitrogens is 1. The van der Waals surface area contributed by atoms with E-state index in [2.05, 4.69) is 4.98 Å². The van der Waals surface area contributed by atoms with Gasteiger partial charge in [0.1, 0.15) is 0 Å². The van der Waals surface area contributed by atoms with E-state index < -0.39 is 24.7 Å². The van der Waals surface area contributed by atoms with Crippen molar-refractivity contribution in [1.82, 2.24) is 4.98 Å². The molecule has 0 aliphatic rings. The zero-order chi connectivity index (χ0) is 9.90. The topological polar surface area (TPSA) is 53.1 Å². The third-order valence-corrected chi connectivity index (χ3v) is 1.67. The standard InChI is InChI=1S/C8H9F2NO2/c9-8(10,3-1-7(12)13)6-2-4-11-5-6/h2,4-5,11H,1,3H2,(H,12,13). The van der Waals surface area contributed by atoms with E-state index in [9.17, 15) is 13.6 Å². The number of nitrogens with one attached hydrogen (secondary N) is 1. The largest absolute Gasteiger partial charge is 0.481 e. The molecular weight excluding hydrogens is 180 g/mol. The Bertz CT molecular complexity index is 282. The van der Waals surface area contributed by atoms with Crippen LogP contribution in [0.3, 0.4) is 0 Å². The molecule has 0 bridgehead atoms. The van der Waals surface area contributed by atoms with Crippen molar-refractivity contribution < 1.29 is 18.7 Å². The maximum absolute atomic E-state index is 13.1. The number of hydrogen-bond acceptors (Lipinski definition) is 1. The minimum absolute atomic E-state index is 0.172. The Morgan fingerprint density at radius 2 is 2.31 bits per heavy atom. The van der Waals surface area contributed by atoms with Crippen LogP contribution in [0, 0.1) is 0 Å². The molecule has 13 heavy (non-hydrogen) atoms. The van der Waals surface area contributed by atoms with Gasteiger partial charge in [-0.1, -0.05) is 0 Å². The molecule has 0 saturated heterocycles. The van der Waals surface area contributed by atoms with Crippen molar-refractivity contribution in [3.63, 3.8) is 0 Å². The van der Waals surface area contributed by atoms with E-state index in [-0.39, 0.29) is 5.56 Å². The molecule has 0 aliphatic heterocycles. The normalized spacial score (nSPS) is 11.5. The molecule has 1 aromatic heterocycles. The summed E-state index contributed by atoms with van der Waals surface area (Å²) >= 11 is 0. The van der Waals surface area contributed by atoms with Gasteiger partial charge in [0.25, 0.3) is 5.92 Å². The first kappa shape index (κ1) is 9.70. The fourth-order valence-electron chi connectivity index (χ4n) is 0.960. The SMILES string of the molecule is O=C(O)CCC(F)(F)c1cc[nH]c1. The molecule has 1 heterocycles. The summed E-state index contributed by atoms with van der Waals surface area (Å²) in [5.74, 6) is -4.27. The number of rotatable bonds is 4. The first-order valence-corrected chi connectivity index (χ1v) is 3.75. The highest BCUT2D eigenvalue weighted by Crippen LogP contribution is 2.32. The van der Waals surface area contributed by atoms with Gasteiger partial charge in [-0.2, -0.15) is 0 Å². The second-order valence-corrected chi connectivity index (χ2v) is 2.70. The van der Waals surface area contributed by atoms with E-state index in [1.54, 1.807) is 0 Å². The van der Waals surface area contributed by atoms with Crippen molar-refractivity contribution in [1.29, 1.82) is 0 Å². The van der Waals surface area contributed by atoms with E-state index in [1.807, 2.05) is 0 Å². The second kappa shape index (κ2) is 3.55. The molecule has 0 atom stereocenters. The molecule has 2 N–H and O–H groups in total. The lowest BCUT2D eigenvalue weighted by atomic mass is 10.1. The Labute approximate surface area is 73.4 Å². The number of carboxylic acid groups (broad SMARTS) is 1. The van der Waals surface area contributed by atoms with Crippen LogP contribution < -0.4 is 0 Å². The van der Waals surface area contributed by atoms with Gasteiger partial charge in [-0.15, -0.1) is 0 Å². The molecule has 1 rings (SSSR count). The fourth-order valence-corrected chi connectivity index (χ4v) is 0.960. The highest BCUT2D eigenvalue weighted by Gasteiger charge is 2.32. The van der Waals surface area contributed by atoms with Crippen LogP contribution in [-0.2, 0) is 10.7 Å². The number of aromatic amines is 1. The van der Waals surface area contributed by atoms with E-state index in [1.165, 1.54) is 18.5 Å². The first-order valence-electron chi connectivity index (χ1n) is 3.75. The molecule has 0 radical (unpaired) electrons. The summed E-state index contributed by atoms with van der Waals surface area (Å²) in [4.78, 5) is 12.6. The molecule has 1 aromatic rings. The third-order valence-electron chi connectivity index (χ3n) is 1.67. The zero-order valence-electron chi connectivity index (χ0n) is 6.76. The lowest BCUT2D eigenvalue weighted by Crippen LogP contribution is -2.14. The van der Waals surface area contributed by atoms with Crippen LogP contribution in [0.25, 0.3) is 0 Å². The van der Waals surface area contributed by atoms with E-state index in [0.717, 1.165) is 0 Å². The van der Waals surface area contributed by atoms with Crippen molar-refractivity contribution in [2.24, 2.45) is 0 Å². The zero-order valence-corrected chi connectivity index (χ0v) is 6.76. The number of aromatic nitrogens is 1. The molecule has 0 spiro atoms. The summed E-state index contributed by atoms with van der Waals surface area (Å²) in [6.45, 7) is 0. The van der Waals surface area contributed by atoms with Gasteiger partial charge in [-0.05, 0) is 6.07 Å². The Kier molecular flexibility index (Phi) is 2.65. The molecule has 0 fully saturated rings. The predicted octanol–water partition coefficient (Wildman–Crippen LogP) is 1.97. The van der Waals surface area contributed by atoms with E-state index >= 15 is 0 Å². The number of halogens is 2. The average Bonchev–Trinajstić information content (AvgIpc) is 2.53. The Morgan fingerprint density at radius 1 is 1.62 bits per heavy atom. The fraction of sp³-hybridized carbons (Fsp3) is 0.375. The summed E-state index contributed by atoms with van der Waals surface area (Å²) in [7, 11) is 0. The van der Waals surface area contributed by atoms with Crippen LogP contribution in [0.15, 0.2) is 18.5 Å². The number of hydrogen-bond donors (Lipinski definition) is 2. The Balaban J connectivity index is 2.61. The van der Waals surface area contributed by atoms with Crippen LogP contribution in [0.5, 0.6) is 0 Å². The van der Waals surface area contributed by atoms with Gasteiger partial charge < -0.3 is 10.1 Å². The summed E-state index contributed by atoms with van der Waals surface area (Å²) in [6, 6.07) is 1.24. The maximum atomic E-state index is 13.1. The Hall–Kier alpha value is -1.39. The van der Waals surface area contributed by atoms with Gasteiger partial charge in [0.05, 0.1) is 6.42 Å². The monoisotopic (exact) mass is 189 g/mol. The smallest absolute Gasteiger partial charge is 0.303 e. The van der Waals surface area contributed by atoms with Gasteiger partial charge in [0.15, 0.2) is 0 Å². The first-order chi connectivity index (χ1) is 6.02. The molecule has 72 valence electrons. The maximum Gasteiger partial charge on any atom is 0.303 e. The molecule has 0 unspecified atom stereocenters. The van der Waals surface area contributed by atoms with Gasteiger partial charge in [0, 0.05) is 24.4 Å². The van der Waals surface area contributed by atoms with Crippen LogP contribution in [0.2, 0.25) is 0 Å². The minimum atomic E-state index is -3.06. The summed E-state index contributed by atoms with van der Waals surface area (Å²) < 4.78 is 26.1. The number of aliphatic carboxylic acids is 1. The second-order valence-electron chi connectivity index (χ2n) is 2.70. The van der Waals surface area contributed by atoms with Crippen molar-refractivity contribution in [3.8, 4) is 0 Å². The van der Waals surface area contributed by atoms with E-state index in [0.29, 0.717) is 0 Å². The lowest BCUT2D eigenvalue weighted by molar-refractivity contribution is -0.139. The molecule has 0 aliphatic carbocycles. The van der Waals surface area contributed by atoms with Gasteiger partial charge >= 0.3 is 5.97 Å². The molecule has 3 nitrogen and oxygen atoms in total.